The molecule has 140 valence electrons. The van der Waals surface area contributed by atoms with Crippen molar-refractivity contribution < 1.29 is 17.0 Å². The lowest BCUT2D eigenvalue weighted by Gasteiger charge is -2.16. The van der Waals surface area contributed by atoms with Crippen molar-refractivity contribution in [2.75, 3.05) is 0 Å². The van der Waals surface area contributed by atoms with Crippen LogP contribution >= 0.6 is 0 Å². The molecular formula is C20H18FNO3S2. The largest absolute Gasteiger partial charge is 0.290 e. The van der Waals surface area contributed by atoms with Gasteiger partial charge in [-0.2, -0.15) is 8.42 Å². The topological polar surface area (TPSA) is 63.6 Å². The maximum atomic E-state index is 15.4. The van der Waals surface area contributed by atoms with E-state index < -0.39 is 25.3 Å². The quantitative estimate of drug-likeness (QED) is 0.610. The summed E-state index contributed by atoms with van der Waals surface area (Å²) in [7, 11) is -8.27. The summed E-state index contributed by atoms with van der Waals surface area (Å²) in [5, 5.41) is 0. The molecule has 0 heterocycles. The molecule has 0 aliphatic heterocycles. The maximum Gasteiger partial charge on any atom is 0.290 e. The van der Waals surface area contributed by atoms with Gasteiger partial charge in [0.25, 0.3) is 10.0 Å². The number of aryl methyl sites for hydroxylation is 1. The van der Waals surface area contributed by atoms with Gasteiger partial charge in [-0.1, -0.05) is 70.0 Å². The first kappa shape index (κ1) is 19.3. The number of hydrogen-bond acceptors (Lipinski definition) is 3. The van der Waals surface area contributed by atoms with E-state index >= 15 is 4.39 Å². The number of sulfonamides is 1. The zero-order valence-corrected chi connectivity index (χ0v) is 16.2. The van der Waals surface area contributed by atoms with E-state index in [2.05, 4.69) is 3.77 Å². The fourth-order valence-electron chi connectivity index (χ4n) is 2.50. The van der Waals surface area contributed by atoms with Crippen LogP contribution < -0.4 is 0 Å². The molecule has 0 aromatic heterocycles. The van der Waals surface area contributed by atoms with E-state index in [1.807, 2.05) is 6.92 Å². The SMILES string of the molecule is Cc1ccc([C@@H](F)[S@](=O)(=NS(=O)(=O)c2ccccc2)c2ccccc2)cc1. The molecular weight excluding hydrogens is 385 g/mol. The van der Waals surface area contributed by atoms with E-state index in [9.17, 15) is 12.6 Å². The fourth-order valence-corrected chi connectivity index (χ4v) is 6.47. The highest BCUT2D eigenvalue weighted by Crippen LogP contribution is 2.34. The van der Waals surface area contributed by atoms with E-state index in [1.54, 1.807) is 36.4 Å². The number of rotatable bonds is 5. The summed E-state index contributed by atoms with van der Waals surface area (Å²) in [5.41, 5.74) is -1.08. The van der Waals surface area contributed by atoms with Gasteiger partial charge in [0.1, 0.15) is 9.73 Å². The van der Waals surface area contributed by atoms with Gasteiger partial charge in [0, 0.05) is 5.56 Å². The Morgan fingerprint density at radius 3 is 1.74 bits per heavy atom. The summed E-state index contributed by atoms with van der Waals surface area (Å²) in [6.45, 7) is 1.84. The standard InChI is InChI=1S/C20H18FNO3S2/c1-16-12-14-17(15-13-16)20(21)26(23,18-8-4-2-5-9-18)22-27(24,25)19-10-6-3-7-11-19/h2-15,20H,1H3/t20-,26-/m0/s1. The molecule has 0 aliphatic carbocycles. The average molecular weight is 404 g/mol. The van der Waals surface area contributed by atoms with E-state index in [0.29, 0.717) is 0 Å². The van der Waals surface area contributed by atoms with Gasteiger partial charge in [0.15, 0.2) is 0 Å². The van der Waals surface area contributed by atoms with Gasteiger partial charge >= 0.3 is 0 Å². The Hall–Kier alpha value is -2.51. The smallest absolute Gasteiger partial charge is 0.240 e. The molecule has 4 nitrogen and oxygen atoms in total. The normalized spacial score (nSPS) is 14.9. The van der Waals surface area contributed by atoms with Crippen molar-refractivity contribution in [3.8, 4) is 0 Å². The third kappa shape index (κ3) is 4.09. The summed E-state index contributed by atoms with van der Waals surface area (Å²) < 4.78 is 58.1. The van der Waals surface area contributed by atoms with Crippen LogP contribution in [0.5, 0.6) is 0 Å². The van der Waals surface area contributed by atoms with E-state index in [-0.39, 0.29) is 15.4 Å². The van der Waals surface area contributed by atoms with Crippen molar-refractivity contribution in [1.29, 1.82) is 0 Å². The molecule has 0 saturated carbocycles. The molecule has 0 saturated heterocycles. The molecule has 2 atom stereocenters. The number of halogens is 1. The maximum absolute atomic E-state index is 15.4. The number of hydrogen-bond donors (Lipinski definition) is 0. The van der Waals surface area contributed by atoms with Gasteiger partial charge in [-0.15, -0.1) is 0 Å². The summed E-state index contributed by atoms with van der Waals surface area (Å²) >= 11 is 0. The first-order valence-corrected chi connectivity index (χ1v) is 11.2. The summed E-state index contributed by atoms with van der Waals surface area (Å²) in [6.07, 6.45) is 0. The Kier molecular flexibility index (Phi) is 5.43. The molecule has 0 amide bonds. The predicted molar refractivity (Wildman–Crippen MR) is 104 cm³/mol. The highest BCUT2D eigenvalue weighted by molar-refractivity contribution is 8.03. The second kappa shape index (κ2) is 7.62. The molecule has 0 spiro atoms. The van der Waals surface area contributed by atoms with Crippen LogP contribution in [0.15, 0.2) is 98.5 Å². The predicted octanol–water partition coefficient (Wildman–Crippen LogP) is 4.88. The molecule has 3 rings (SSSR count). The van der Waals surface area contributed by atoms with Crippen molar-refractivity contribution >= 4 is 19.8 Å². The lowest BCUT2D eigenvalue weighted by molar-refractivity contribution is 0.450. The van der Waals surface area contributed by atoms with Crippen LogP contribution in [0.25, 0.3) is 0 Å². The highest BCUT2D eigenvalue weighted by atomic mass is 32.3. The Bertz CT molecular complexity index is 1140. The second-order valence-electron chi connectivity index (χ2n) is 5.97. The molecule has 0 fully saturated rings. The Labute approximate surface area is 158 Å². The molecule has 0 N–H and O–H groups in total. The Morgan fingerprint density at radius 1 is 0.741 bits per heavy atom. The lowest BCUT2D eigenvalue weighted by atomic mass is 10.2. The number of benzene rings is 3. The number of alkyl halides is 1. The van der Waals surface area contributed by atoms with Gasteiger partial charge < -0.3 is 0 Å². The first-order chi connectivity index (χ1) is 12.8. The van der Waals surface area contributed by atoms with Crippen LogP contribution in [-0.2, 0) is 19.8 Å². The molecule has 3 aromatic carbocycles. The Morgan fingerprint density at radius 2 is 1.22 bits per heavy atom. The Balaban J connectivity index is 2.23. The first-order valence-electron chi connectivity index (χ1n) is 8.16. The minimum Gasteiger partial charge on any atom is -0.240 e. The summed E-state index contributed by atoms with van der Waals surface area (Å²) in [6, 6.07) is 21.4. The van der Waals surface area contributed by atoms with Gasteiger partial charge in [-0.3, -0.25) is 0 Å². The number of nitrogens with zero attached hydrogens (tertiary/aromatic N) is 1. The zero-order valence-electron chi connectivity index (χ0n) is 14.5. The van der Waals surface area contributed by atoms with Crippen LogP contribution in [0.2, 0.25) is 0 Å². The van der Waals surface area contributed by atoms with Gasteiger partial charge in [-0.05, 0) is 31.2 Å². The molecule has 0 unspecified atom stereocenters. The lowest BCUT2D eigenvalue weighted by Crippen LogP contribution is -2.13. The van der Waals surface area contributed by atoms with Crippen molar-refractivity contribution in [1.82, 2.24) is 0 Å². The van der Waals surface area contributed by atoms with Crippen LogP contribution in [0.1, 0.15) is 16.6 Å². The van der Waals surface area contributed by atoms with Gasteiger partial charge in [0.05, 0.1) is 9.79 Å². The van der Waals surface area contributed by atoms with Gasteiger partial charge in [-0.25, -0.2) is 8.60 Å². The van der Waals surface area contributed by atoms with Crippen LogP contribution in [-0.4, -0.2) is 12.6 Å². The van der Waals surface area contributed by atoms with E-state index in [4.69, 9.17) is 0 Å². The van der Waals surface area contributed by atoms with E-state index in [1.165, 1.54) is 48.5 Å². The average Bonchev–Trinajstić information content (AvgIpc) is 2.69. The molecule has 0 radical (unpaired) electrons. The monoisotopic (exact) mass is 403 g/mol. The van der Waals surface area contributed by atoms with Gasteiger partial charge in [0.2, 0.25) is 5.50 Å². The molecule has 7 heteroatoms. The highest BCUT2D eigenvalue weighted by Gasteiger charge is 2.30. The minimum absolute atomic E-state index is 0.0255. The third-order valence-electron chi connectivity index (χ3n) is 3.95. The molecule has 0 bridgehead atoms. The third-order valence-corrected chi connectivity index (χ3v) is 8.27. The second-order valence-corrected chi connectivity index (χ2v) is 10.0. The van der Waals surface area contributed by atoms with Crippen molar-refractivity contribution in [2.24, 2.45) is 3.77 Å². The zero-order chi connectivity index (χ0) is 19.5. The van der Waals surface area contributed by atoms with Crippen LogP contribution in [0, 0.1) is 6.92 Å². The van der Waals surface area contributed by atoms with Crippen molar-refractivity contribution in [3.63, 3.8) is 0 Å². The summed E-state index contributed by atoms with van der Waals surface area (Å²) in [5.74, 6) is 0. The van der Waals surface area contributed by atoms with Crippen LogP contribution in [0.3, 0.4) is 0 Å². The fraction of sp³-hybridized carbons (Fsp3) is 0.100. The minimum atomic E-state index is -4.32. The van der Waals surface area contributed by atoms with Crippen molar-refractivity contribution in [3.05, 3.63) is 96.1 Å². The summed E-state index contributed by atoms with van der Waals surface area (Å²) in [4.78, 5) is -0.109. The van der Waals surface area contributed by atoms with Crippen molar-refractivity contribution in [2.45, 2.75) is 22.2 Å². The molecule has 3 aromatic rings. The van der Waals surface area contributed by atoms with E-state index in [0.717, 1.165) is 5.56 Å². The molecule has 27 heavy (non-hydrogen) atoms. The molecule has 0 aliphatic rings. The van der Waals surface area contributed by atoms with Crippen LogP contribution in [0.4, 0.5) is 4.39 Å².